The Kier molecular flexibility index (Phi) is 3.16. The molecular formula is C9H12N2O2S2. The molecule has 2 rings (SSSR count). The Morgan fingerprint density at radius 1 is 1.67 bits per heavy atom. The summed E-state index contributed by atoms with van der Waals surface area (Å²) in [7, 11) is 0. The number of rotatable bonds is 3. The van der Waals surface area contributed by atoms with Gasteiger partial charge in [0.1, 0.15) is 4.88 Å². The van der Waals surface area contributed by atoms with E-state index in [1.54, 1.807) is 0 Å². The van der Waals surface area contributed by atoms with Crippen molar-refractivity contribution in [2.45, 2.75) is 13.0 Å². The van der Waals surface area contributed by atoms with E-state index in [2.05, 4.69) is 17.2 Å². The van der Waals surface area contributed by atoms with Gasteiger partial charge in [0.25, 0.3) is 0 Å². The second-order valence-corrected chi connectivity index (χ2v) is 5.71. The molecule has 0 saturated carbocycles. The van der Waals surface area contributed by atoms with Crippen molar-refractivity contribution in [2.75, 3.05) is 16.8 Å². The number of aromatic nitrogens is 1. The molecule has 0 aromatic carbocycles. The molecule has 1 aliphatic heterocycles. The Bertz CT molecular complexity index is 367. The Morgan fingerprint density at radius 2 is 2.47 bits per heavy atom. The lowest BCUT2D eigenvalue weighted by Crippen LogP contribution is -2.25. The van der Waals surface area contributed by atoms with Crippen LogP contribution in [-0.4, -0.2) is 33.6 Å². The van der Waals surface area contributed by atoms with Gasteiger partial charge in [-0.1, -0.05) is 18.3 Å². The molecule has 0 aliphatic carbocycles. The summed E-state index contributed by atoms with van der Waals surface area (Å²) >= 11 is 3.12. The van der Waals surface area contributed by atoms with Gasteiger partial charge in [0, 0.05) is 11.8 Å². The highest BCUT2D eigenvalue weighted by atomic mass is 32.2. The minimum Gasteiger partial charge on any atom is -0.477 e. The molecule has 0 spiro atoms. The van der Waals surface area contributed by atoms with Gasteiger partial charge in [0.2, 0.25) is 0 Å². The third-order valence-electron chi connectivity index (χ3n) is 2.39. The summed E-state index contributed by atoms with van der Waals surface area (Å²) in [4.78, 5) is 15.0. The van der Waals surface area contributed by atoms with Crippen LogP contribution < -0.4 is 5.32 Å². The number of thioether (sulfide) groups is 1. The average Bonchev–Trinajstić information content (AvgIpc) is 2.77. The first-order valence-electron chi connectivity index (χ1n) is 4.70. The molecule has 0 radical (unpaired) electrons. The molecule has 15 heavy (non-hydrogen) atoms. The third-order valence-corrected chi connectivity index (χ3v) is 4.66. The van der Waals surface area contributed by atoms with Crippen molar-refractivity contribution in [3.05, 3.63) is 11.1 Å². The highest BCUT2D eigenvalue weighted by Gasteiger charge is 2.24. The summed E-state index contributed by atoms with van der Waals surface area (Å²) in [6.45, 7) is 2.20. The van der Waals surface area contributed by atoms with Crippen molar-refractivity contribution >= 4 is 34.2 Å². The predicted octanol–water partition coefficient (Wildman–Crippen LogP) is 2.00. The van der Waals surface area contributed by atoms with E-state index < -0.39 is 5.97 Å². The van der Waals surface area contributed by atoms with Gasteiger partial charge in [-0.25, -0.2) is 9.78 Å². The van der Waals surface area contributed by atoms with E-state index in [-0.39, 0.29) is 4.88 Å². The second-order valence-electron chi connectivity index (χ2n) is 3.60. The molecule has 6 heteroatoms. The number of thiazole rings is 1. The van der Waals surface area contributed by atoms with Gasteiger partial charge in [-0.3, -0.25) is 0 Å². The summed E-state index contributed by atoms with van der Waals surface area (Å²) in [5.41, 5.74) is 0. The first-order valence-corrected chi connectivity index (χ1v) is 6.67. The van der Waals surface area contributed by atoms with Crippen molar-refractivity contribution in [2.24, 2.45) is 5.92 Å². The number of hydrogen-bond acceptors (Lipinski definition) is 5. The van der Waals surface area contributed by atoms with Gasteiger partial charge in [0.05, 0.1) is 6.20 Å². The molecular weight excluding hydrogens is 232 g/mol. The molecule has 2 atom stereocenters. The molecule has 82 valence electrons. The lowest BCUT2D eigenvalue weighted by Gasteiger charge is -2.14. The van der Waals surface area contributed by atoms with Crippen LogP contribution in [0.25, 0.3) is 0 Å². The minimum absolute atomic E-state index is 0.288. The van der Waals surface area contributed by atoms with Crippen LogP contribution in [0.3, 0.4) is 0 Å². The summed E-state index contributed by atoms with van der Waals surface area (Å²) < 4.78 is 0. The number of carboxylic acid groups (broad SMARTS) is 1. The number of carboxylic acids is 1. The number of anilines is 1. The van der Waals surface area contributed by atoms with Crippen LogP contribution in [0.2, 0.25) is 0 Å². The quantitative estimate of drug-likeness (QED) is 0.851. The van der Waals surface area contributed by atoms with Crippen LogP contribution in [0.4, 0.5) is 5.13 Å². The minimum atomic E-state index is -0.908. The number of aromatic carboxylic acids is 1. The van der Waals surface area contributed by atoms with Gasteiger partial charge in [-0.05, 0) is 11.7 Å². The van der Waals surface area contributed by atoms with Crippen LogP contribution in [0.5, 0.6) is 0 Å². The summed E-state index contributed by atoms with van der Waals surface area (Å²) in [6, 6.07) is 0.419. The summed E-state index contributed by atoms with van der Waals surface area (Å²) in [5, 5.41) is 12.8. The molecule has 1 fully saturated rings. The van der Waals surface area contributed by atoms with Gasteiger partial charge < -0.3 is 10.4 Å². The van der Waals surface area contributed by atoms with Crippen LogP contribution in [0.1, 0.15) is 16.6 Å². The predicted molar refractivity (Wildman–Crippen MR) is 63.0 cm³/mol. The Hall–Kier alpha value is -0.750. The SMILES string of the molecule is CC1CSCC1Nc1ncc(C(=O)O)s1. The zero-order valence-electron chi connectivity index (χ0n) is 8.27. The molecule has 2 unspecified atom stereocenters. The smallest absolute Gasteiger partial charge is 0.347 e. The summed E-state index contributed by atoms with van der Waals surface area (Å²) in [6.07, 6.45) is 1.40. The van der Waals surface area contributed by atoms with E-state index in [1.807, 2.05) is 11.8 Å². The average molecular weight is 244 g/mol. The molecule has 1 aliphatic rings. The van der Waals surface area contributed by atoms with Crippen LogP contribution in [0, 0.1) is 5.92 Å². The normalized spacial score (nSPS) is 25.4. The standard InChI is InChI=1S/C9H12N2O2S2/c1-5-3-14-4-6(5)11-9-10-2-7(15-9)8(12)13/h2,5-6H,3-4H2,1H3,(H,10,11)(H,12,13). The fraction of sp³-hybridized carbons (Fsp3) is 0.556. The molecule has 1 aromatic rings. The van der Waals surface area contributed by atoms with Crippen molar-refractivity contribution in [1.82, 2.24) is 4.98 Å². The highest BCUT2D eigenvalue weighted by Crippen LogP contribution is 2.28. The van der Waals surface area contributed by atoms with Crippen LogP contribution >= 0.6 is 23.1 Å². The van der Waals surface area contributed by atoms with Gasteiger partial charge >= 0.3 is 5.97 Å². The Balaban J connectivity index is 2.01. The fourth-order valence-electron chi connectivity index (χ4n) is 1.44. The van der Waals surface area contributed by atoms with Gasteiger partial charge in [-0.15, -0.1) is 0 Å². The van der Waals surface area contributed by atoms with Crippen LogP contribution in [-0.2, 0) is 0 Å². The number of nitrogens with zero attached hydrogens (tertiary/aromatic N) is 1. The molecule has 1 aromatic heterocycles. The lowest BCUT2D eigenvalue weighted by atomic mass is 10.1. The van der Waals surface area contributed by atoms with Crippen molar-refractivity contribution in [1.29, 1.82) is 0 Å². The van der Waals surface area contributed by atoms with E-state index in [4.69, 9.17) is 5.11 Å². The lowest BCUT2D eigenvalue weighted by molar-refractivity contribution is 0.0702. The molecule has 1 saturated heterocycles. The van der Waals surface area contributed by atoms with E-state index in [9.17, 15) is 4.79 Å². The zero-order chi connectivity index (χ0) is 10.8. The zero-order valence-corrected chi connectivity index (χ0v) is 9.90. The van der Waals surface area contributed by atoms with Gasteiger partial charge in [0.15, 0.2) is 5.13 Å². The Morgan fingerprint density at radius 3 is 3.00 bits per heavy atom. The van der Waals surface area contributed by atoms with Crippen LogP contribution in [0.15, 0.2) is 6.20 Å². The maximum atomic E-state index is 10.7. The monoisotopic (exact) mass is 244 g/mol. The number of nitrogens with one attached hydrogen (secondary N) is 1. The Labute approximate surface area is 96.1 Å². The molecule has 2 N–H and O–H groups in total. The third kappa shape index (κ3) is 2.43. The first kappa shape index (κ1) is 10.8. The molecule has 0 amide bonds. The molecule has 2 heterocycles. The first-order chi connectivity index (χ1) is 7.16. The van der Waals surface area contributed by atoms with E-state index in [0.29, 0.717) is 17.1 Å². The topological polar surface area (TPSA) is 62.2 Å². The number of hydrogen-bond donors (Lipinski definition) is 2. The largest absolute Gasteiger partial charge is 0.477 e. The summed E-state index contributed by atoms with van der Waals surface area (Å²) in [5.74, 6) is 1.94. The van der Waals surface area contributed by atoms with E-state index in [1.165, 1.54) is 17.5 Å². The molecule has 0 bridgehead atoms. The van der Waals surface area contributed by atoms with Crippen molar-refractivity contribution in [3.8, 4) is 0 Å². The highest BCUT2D eigenvalue weighted by molar-refractivity contribution is 7.99. The maximum absolute atomic E-state index is 10.7. The maximum Gasteiger partial charge on any atom is 0.347 e. The number of carbonyl (C=O) groups is 1. The van der Waals surface area contributed by atoms with Crippen molar-refractivity contribution < 1.29 is 9.90 Å². The van der Waals surface area contributed by atoms with E-state index in [0.717, 1.165) is 11.5 Å². The van der Waals surface area contributed by atoms with Crippen molar-refractivity contribution in [3.63, 3.8) is 0 Å². The fourth-order valence-corrected chi connectivity index (χ4v) is 3.57. The van der Waals surface area contributed by atoms with E-state index >= 15 is 0 Å². The van der Waals surface area contributed by atoms with Gasteiger partial charge in [-0.2, -0.15) is 11.8 Å². The second kappa shape index (κ2) is 4.40. The molecule has 4 nitrogen and oxygen atoms in total.